The lowest BCUT2D eigenvalue weighted by Gasteiger charge is -2.27. The van der Waals surface area contributed by atoms with E-state index in [1.165, 1.54) is 6.07 Å². The summed E-state index contributed by atoms with van der Waals surface area (Å²) in [4.78, 5) is 25.8. The summed E-state index contributed by atoms with van der Waals surface area (Å²) in [5.74, 6) is 0.107. The molecule has 0 radical (unpaired) electrons. The summed E-state index contributed by atoms with van der Waals surface area (Å²) in [6, 6.07) is 4.76. The van der Waals surface area contributed by atoms with Gasteiger partial charge in [-0.25, -0.2) is 8.42 Å². The topological polar surface area (TPSA) is 76.5 Å². The molecule has 6 nitrogen and oxygen atoms in total. The number of amides is 1. The summed E-state index contributed by atoms with van der Waals surface area (Å²) in [5.41, 5.74) is 0.686. The van der Waals surface area contributed by atoms with E-state index in [-0.39, 0.29) is 35.4 Å². The van der Waals surface area contributed by atoms with Crippen LogP contribution in [0.3, 0.4) is 0 Å². The predicted octanol–water partition coefficient (Wildman–Crippen LogP) is 0.582. The van der Waals surface area contributed by atoms with Crippen LogP contribution in [-0.4, -0.2) is 47.9 Å². The van der Waals surface area contributed by atoms with Crippen LogP contribution in [-0.2, 0) is 21.2 Å². The molecule has 0 aromatic carbocycles. The first-order chi connectivity index (χ1) is 10.3. The molecule has 0 aliphatic carbocycles. The van der Waals surface area contributed by atoms with Gasteiger partial charge in [0.25, 0.3) is 5.56 Å². The van der Waals surface area contributed by atoms with Crippen molar-refractivity contribution in [3.05, 3.63) is 34.2 Å². The molecule has 1 aromatic heterocycles. The van der Waals surface area contributed by atoms with E-state index in [1.807, 2.05) is 19.9 Å². The van der Waals surface area contributed by atoms with Crippen LogP contribution in [0, 0.1) is 6.92 Å². The standard InChI is InChI=1S/C15H22N2O4S/c1-3-16(13-8-10-22(20,21)11-13)15(19)7-9-17-12(2)5-4-6-14(17)18/h4-6,13H,3,7-11H2,1-2H3/t13-/m1/s1. The van der Waals surface area contributed by atoms with Gasteiger partial charge in [0, 0.05) is 37.3 Å². The van der Waals surface area contributed by atoms with Crippen molar-refractivity contribution in [3.63, 3.8) is 0 Å². The Morgan fingerprint density at radius 3 is 2.68 bits per heavy atom. The molecule has 0 N–H and O–H groups in total. The van der Waals surface area contributed by atoms with Gasteiger partial charge in [-0.3, -0.25) is 9.59 Å². The zero-order valence-electron chi connectivity index (χ0n) is 13.0. The van der Waals surface area contributed by atoms with E-state index < -0.39 is 9.84 Å². The van der Waals surface area contributed by atoms with Crippen molar-refractivity contribution >= 4 is 15.7 Å². The molecule has 1 fully saturated rings. The highest BCUT2D eigenvalue weighted by atomic mass is 32.2. The first kappa shape index (κ1) is 16.7. The molecular weight excluding hydrogens is 304 g/mol. The fraction of sp³-hybridized carbons (Fsp3) is 0.600. The van der Waals surface area contributed by atoms with Crippen LogP contribution >= 0.6 is 0 Å². The molecule has 0 bridgehead atoms. The maximum absolute atomic E-state index is 12.4. The number of pyridine rings is 1. The SMILES string of the molecule is CCN(C(=O)CCn1c(C)cccc1=O)[C@@H]1CCS(=O)(=O)C1. The van der Waals surface area contributed by atoms with Crippen LogP contribution in [0.15, 0.2) is 23.0 Å². The minimum Gasteiger partial charge on any atom is -0.339 e. The van der Waals surface area contributed by atoms with Gasteiger partial charge in [0.2, 0.25) is 5.91 Å². The van der Waals surface area contributed by atoms with Gasteiger partial charge in [0.15, 0.2) is 9.84 Å². The lowest BCUT2D eigenvalue weighted by atomic mass is 10.2. The molecule has 1 saturated heterocycles. The highest BCUT2D eigenvalue weighted by Crippen LogP contribution is 2.18. The zero-order valence-corrected chi connectivity index (χ0v) is 13.8. The molecule has 2 heterocycles. The second-order valence-electron chi connectivity index (χ2n) is 5.64. The average Bonchev–Trinajstić information content (AvgIpc) is 2.79. The Hall–Kier alpha value is -1.63. The largest absolute Gasteiger partial charge is 0.339 e. The molecule has 1 aromatic rings. The Bertz CT molecular complexity index is 708. The van der Waals surface area contributed by atoms with Crippen molar-refractivity contribution in [2.45, 2.75) is 39.3 Å². The molecule has 1 atom stereocenters. The highest BCUT2D eigenvalue weighted by molar-refractivity contribution is 7.91. The number of sulfone groups is 1. The second kappa shape index (κ2) is 6.64. The van der Waals surface area contributed by atoms with Crippen LogP contribution in [0.25, 0.3) is 0 Å². The fourth-order valence-corrected chi connectivity index (χ4v) is 4.65. The third kappa shape index (κ3) is 3.76. The van der Waals surface area contributed by atoms with Gasteiger partial charge in [0.1, 0.15) is 0 Å². The number of hydrogen-bond acceptors (Lipinski definition) is 4. The predicted molar refractivity (Wildman–Crippen MR) is 84.5 cm³/mol. The molecule has 0 saturated carbocycles. The van der Waals surface area contributed by atoms with Crippen LogP contribution in [0.5, 0.6) is 0 Å². The van der Waals surface area contributed by atoms with Gasteiger partial charge < -0.3 is 9.47 Å². The molecule has 1 amide bonds. The third-order valence-corrected chi connectivity index (χ3v) is 5.88. The zero-order chi connectivity index (χ0) is 16.3. The number of carbonyl (C=O) groups excluding carboxylic acids is 1. The Kier molecular flexibility index (Phi) is 5.05. The average molecular weight is 326 g/mol. The Morgan fingerprint density at radius 2 is 2.14 bits per heavy atom. The fourth-order valence-electron chi connectivity index (χ4n) is 2.92. The van der Waals surface area contributed by atoms with E-state index >= 15 is 0 Å². The summed E-state index contributed by atoms with van der Waals surface area (Å²) in [6.45, 7) is 4.48. The van der Waals surface area contributed by atoms with E-state index in [0.29, 0.717) is 19.5 Å². The van der Waals surface area contributed by atoms with Gasteiger partial charge in [-0.05, 0) is 26.3 Å². The first-order valence-corrected chi connectivity index (χ1v) is 9.32. The van der Waals surface area contributed by atoms with Crippen molar-refractivity contribution < 1.29 is 13.2 Å². The lowest BCUT2D eigenvalue weighted by molar-refractivity contribution is -0.133. The van der Waals surface area contributed by atoms with E-state index in [0.717, 1.165) is 5.69 Å². The molecule has 1 aliphatic rings. The Balaban J connectivity index is 2.03. The summed E-state index contributed by atoms with van der Waals surface area (Å²) >= 11 is 0. The Labute approximate surface area is 130 Å². The summed E-state index contributed by atoms with van der Waals surface area (Å²) in [5, 5.41) is 0. The van der Waals surface area contributed by atoms with Crippen molar-refractivity contribution in [3.8, 4) is 0 Å². The van der Waals surface area contributed by atoms with Crippen molar-refractivity contribution in [2.24, 2.45) is 0 Å². The number of hydrogen-bond donors (Lipinski definition) is 0. The number of nitrogens with zero attached hydrogens (tertiary/aromatic N) is 2. The smallest absolute Gasteiger partial charge is 0.250 e. The number of aryl methyl sites for hydroxylation is 1. The monoisotopic (exact) mass is 326 g/mol. The van der Waals surface area contributed by atoms with Crippen LogP contribution in [0.4, 0.5) is 0 Å². The van der Waals surface area contributed by atoms with Crippen molar-refractivity contribution in [1.82, 2.24) is 9.47 Å². The van der Waals surface area contributed by atoms with Gasteiger partial charge >= 0.3 is 0 Å². The number of carbonyl (C=O) groups is 1. The highest BCUT2D eigenvalue weighted by Gasteiger charge is 2.33. The molecule has 0 unspecified atom stereocenters. The maximum Gasteiger partial charge on any atom is 0.250 e. The Morgan fingerprint density at radius 1 is 1.41 bits per heavy atom. The lowest BCUT2D eigenvalue weighted by Crippen LogP contribution is -2.41. The molecule has 2 rings (SSSR count). The number of aromatic nitrogens is 1. The normalized spacial score (nSPS) is 20.0. The molecule has 1 aliphatic heterocycles. The molecule has 122 valence electrons. The van der Waals surface area contributed by atoms with Crippen LogP contribution < -0.4 is 5.56 Å². The van der Waals surface area contributed by atoms with Gasteiger partial charge in [0.05, 0.1) is 11.5 Å². The molecule has 22 heavy (non-hydrogen) atoms. The molecule has 7 heteroatoms. The van der Waals surface area contributed by atoms with Gasteiger partial charge in [-0.1, -0.05) is 6.07 Å². The number of rotatable bonds is 5. The minimum absolute atomic E-state index is 0.0525. The third-order valence-electron chi connectivity index (χ3n) is 4.13. The van der Waals surface area contributed by atoms with Crippen molar-refractivity contribution in [1.29, 1.82) is 0 Å². The summed E-state index contributed by atoms with van der Waals surface area (Å²) < 4.78 is 24.7. The van der Waals surface area contributed by atoms with Gasteiger partial charge in [-0.2, -0.15) is 0 Å². The van der Waals surface area contributed by atoms with Crippen LogP contribution in [0.1, 0.15) is 25.5 Å². The quantitative estimate of drug-likeness (QED) is 0.793. The maximum atomic E-state index is 12.4. The van der Waals surface area contributed by atoms with Crippen LogP contribution in [0.2, 0.25) is 0 Å². The summed E-state index contributed by atoms with van der Waals surface area (Å²) in [6.07, 6.45) is 0.710. The molecule has 0 spiro atoms. The van der Waals surface area contributed by atoms with E-state index in [1.54, 1.807) is 15.5 Å². The second-order valence-corrected chi connectivity index (χ2v) is 7.87. The molecular formula is C15H22N2O4S. The van der Waals surface area contributed by atoms with Crippen molar-refractivity contribution in [2.75, 3.05) is 18.1 Å². The van der Waals surface area contributed by atoms with E-state index in [4.69, 9.17) is 0 Å². The van der Waals surface area contributed by atoms with E-state index in [2.05, 4.69) is 0 Å². The van der Waals surface area contributed by atoms with E-state index in [9.17, 15) is 18.0 Å². The van der Waals surface area contributed by atoms with Gasteiger partial charge in [-0.15, -0.1) is 0 Å². The minimum atomic E-state index is -3.01. The summed E-state index contributed by atoms with van der Waals surface area (Å²) in [7, 11) is -3.01. The first-order valence-electron chi connectivity index (χ1n) is 7.50.